The number of anilines is 1. The third-order valence-corrected chi connectivity index (χ3v) is 2.06. The van der Waals surface area contributed by atoms with Crippen molar-refractivity contribution in [2.24, 2.45) is 0 Å². The lowest BCUT2D eigenvalue weighted by Crippen LogP contribution is -2.29. The van der Waals surface area contributed by atoms with Crippen LogP contribution in [0.3, 0.4) is 0 Å². The number of rotatable bonds is 4. The molecule has 0 aromatic heterocycles. The van der Waals surface area contributed by atoms with Gasteiger partial charge in [-0.15, -0.1) is 0 Å². The molecule has 0 spiro atoms. The fourth-order valence-electron chi connectivity index (χ4n) is 1.25. The van der Waals surface area contributed by atoms with Gasteiger partial charge in [-0.3, -0.25) is 10.1 Å². The first kappa shape index (κ1) is 12.4. The van der Waals surface area contributed by atoms with Gasteiger partial charge in [0.05, 0.1) is 10.5 Å². The molecule has 0 radical (unpaired) electrons. The summed E-state index contributed by atoms with van der Waals surface area (Å²) in [5, 5.41) is 23.2. The summed E-state index contributed by atoms with van der Waals surface area (Å²) in [4.78, 5) is 10.4. The molecule has 1 aromatic rings. The monoisotopic (exact) mass is 224 g/mol. The number of aryl methyl sites for hydroxylation is 1. The molecule has 0 heterocycles. The fourth-order valence-corrected chi connectivity index (χ4v) is 1.25. The molecule has 0 aliphatic carbocycles. The van der Waals surface area contributed by atoms with Crippen molar-refractivity contribution in [2.75, 3.05) is 11.9 Å². The van der Waals surface area contributed by atoms with Gasteiger partial charge in [-0.1, -0.05) is 6.07 Å². The number of nitro groups is 1. The van der Waals surface area contributed by atoms with Crippen molar-refractivity contribution >= 4 is 11.4 Å². The van der Waals surface area contributed by atoms with Gasteiger partial charge >= 0.3 is 0 Å². The molecule has 0 aliphatic heterocycles. The molecular formula is C11H16N2O3. The molecule has 0 amide bonds. The van der Waals surface area contributed by atoms with Gasteiger partial charge < -0.3 is 10.4 Å². The topological polar surface area (TPSA) is 75.4 Å². The lowest BCUT2D eigenvalue weighted by Gasteiger charge is -2.18. The molecule has 2 N–H and O–H groups in total. The van der Waals surface area contributed by atoms with Gasteiger partial charge in [0.1, 0.15) is 5.69 Å². The Morgan fingerprint density at radius 2 is 2.12 bits per heavy atom. The van der Waals surface area contributed by atoms with Crippen molar-refractivity contribution in [1.82, 2.24) is 0 Å². The lowest BCUT2D eigenvalue weighted by atomic mass is 10.1. The summed E-state index contributed by atoms with van der Waals surface area (Å²) >= 11 is 0. The molecule has 0 unspecified atom stereocenters. The number of nitrogens with one attached hydrogen (secondary N) is 1. The van der Waals surface area contributed by atoms with Crippen LogP contribution in [0.4, 0.5) is 11.4 Å². The molecule has 0 bridgehead atoms. The summed E-state index contributed by atoms with van der Waals surface area (Å²) < 4.78 is 0. The first-order chi connectivity index (χ1) is 7.29. The Morgan fingerprint density at radius 3 is 2.62 bits per heavy atom. The number of hydrogen-bond donors (Lipinski definition) is 2. The average Bonchev–Trinajstić information content (AvgIpc) is 2.14. The van der Waals surface area contributed by atoms with Crippen molar-refractivity contribution in [3.63, 3.8) is 0 Å². The minimum Gasteiger partial charge on any atom is -0.389 e. The fraction of sp³-hybridized carbons (Fsp3) is 0.455. The lowest BCUT2D eigenvalue weighted by molar-refractivity contribution is -0.384. The Balaban J connectivity index is 2.91. The largest absolute Gasteiger partial charge is 0.389 e. The first-order valence-electron chi connectivity index (χ1n) is 5.01. The molecule has 0 atom stereocenters. The van der Waals surface area contributed by atoms with Crippen molar-refractivity contribution in [3.8, 4) is 0 Å². The SMILES string of the molecule is Cc1ccc(NCC(C)(C)O)c([N+](=O)[O-])c1. The van der Waals surface area contributed by atoms with Crippen molar-refractivity contribution < 1.29 is 10.0 Å². The van der Waals surface area contributed by atoms with E-state index in [1.165, 1.54) is 6.07 Å². The van der Waals surface area contributed by atoms with Gasteiger partial charge in [-0.25, -0.2) is 0 Å². The van der Waals surface area contributed by atoms with Gasteiger partial charge in [0.25, 0.3) is 5.69 Å². The predicted octanol–water partition coefficient (Wildman–Crippen LogP) is 2.09. The highest BCUT2D eigenvalue weighted by atomic mass is 16.6. The Kier molecular flexibility index (Phi) is 3.49. The number of benzene rings is 1. The molecule has 1 rings (SSSR count). The first-order valence-corrected chi connectivity index (χ1v) is 5.01. The minimum absolute atomic E-state index is 0.0317. The highest BCUT2D eigenvalue weighted by Gasteiger charge is 2.17. The molecule has 16 heavy (non-hydrogen) atoms. The zero-order valence-electron chi connectivity index (χ0n) is 9.65. The zero-order chi connectivity index (χ0) is 12.3. The van der Waals surface area contributed by atoms with Gasteiger partial charge in [0.2, 0.25) is 0 Å². The van der Waals surface area contributed by atoms with E-state index < -0.39 is 10.5 Å². The number of nitro benzene ring substituents is 1. The molecule has 88 valence electrons. The molecule has 0 saturated heterocycles. The van der Waals surface area contributed by atoms with Crippen LogP contribution in [-0.4, -0.2) is 22.2 Å². The zero-order valence-corrected chi connectivity index (χ0v) is 9.65. The maximum atomic E-state index is 10.8. The van der Waals surface area contributed by atoms with E-state index in [4.69, 9.17) is 0 Å². The Hall–Kier alpha value is -1.62. The highest BCUT2D eigenvalue weighted by molar-refractivity contribution is 5.62. The second-order valence-corrected chi connectivity index (χ2v) is 4.44. The van der Waals surface area contributed by atoms with E-state index in [-0.39, 0.29) is 12.2 Å². The van der Waals surface area contributed by atoms with Crippen molar-refractivity contribution in [1.29, 1.82) is 0 Å². The smallest absolute Gasteiger partial charge is 0.292 e. The molecule has 1 aromatic carbocycles. The number of aliphatic hydroxyl groups is 1. The van der Waals surface area contributed by atoms with Crippen LogP contribution < -0.4 is 5.32 Å². The van der Waals surface area contributed by atoms with Crippen LogP contribution in [0.5, 0.6) is 0 Å². The average molecular weight is 224 g/mol. The summed E-state index contributed by atoms with van der Waals surface area (Å²) in [6, 6.07) is 4.95. The van der Waals surface area contributed by atoms with Gasteiger partial charge in [-0.05, 0) is 32.4 Å². The summed E-state index contributed by atoms with van der Waals surface area (Å²) in [5.41, 5.74) is 0.390. The van der Waals surface area contributed by atoms with Crippen LogP contribution in [0, 0.1) is 17.0 Å². The second kappa shape index (κ2) is 4.49. The molecule has 0 aliphatic rings. The van der Waals surface area contributed by atoms with Crippen LogP contribution in [0.25, 0.3) is 0 Å². The molecular weight excluding hydrogens is 208 g/mol. The van der Waals surface area contributed by atoms with Gasteiger partial charge in [0.15, 0.2) is 0 Å². The number of nitrogens with zero attached hydrogens (tertiary/aromatic N) is 1. The second-order valence-electron chi connectivity index (χ2n) is 4.44. The summed E-state index contributed by atoms with van der Waals surface area (Å²) in [6.07, 6.45) is 0. The van der Waals surface area contributed by atoms with Crippen LogP contribution in [0.1, 0.15) is 19.4 Å². The van der Waals surface area contributed by atoms with Gasteiger partial charge in [0, 0.05) is 12.6 Å². The van der Waals surface area contributed by atoms with Crippen LogP contribution in [0.15, 0.2) is 18.2 Å². The van der Waals surface area contributed by atoms with E-state index in [9.17, 15) is 15.2 Å². The molecule has 0 saturated carbocycles. The summed E-state index contributed by atoms with van der Waals surface area (Å²) in [5.74, 6) is 0. The van der Waals surface area contributed by atoms with E-state index >= 15 is 0 Å². The third-order valence-electron chi connectivity index (χ3n) is 2.06. The molecule has 5 heteroatoms. The maximum Gasteiger partial charge on any atom is 0.292 e. The van der Waals surface area contributed by atoms with E-state index in [1.54, 1.807) is 32.9 Å². The number of hydrogen-bond acceptors (Lipinski definition) is 4. The summed E-state index contributed by atoms with van der Waals surface area (Å²) in [6.45, 7) is 5.34. The Bertz CT molecular complexity index is 397. The Labute approximate surface area is 94.3 Å². The van der Waals surface area contributed by atoms with Crippen molar-refractivity contribution in [3.05, 3.63) is 33.9 Å². The highest BCUT2D eigenvalue weighted by Crippen LogP contribution is 2.25. The van der Waals surface area contributed by atoms with E-state index in [1.807, 2.05) is 0 Å². The van der Waals surface area contributed by atoms with E-state index in [0.717, 1.165) is 5.56 Å². The standard InChI is InChI=1S/C11H16N2O3/c1-8-4-5-9(10(6-8)13(15)16)12-7-11(2,3)14/h4-6,12,14H,7H2,1-3H3. The normalized spacial score (nSPS) is 11.2. The van der Waals surface area contributed by atoms with Crippen LogP contribution >= 0.6 is 0 Å². The Morgan fingerprint density at radius 1 is 1.50 bits per heavy atom. The summed E-state index contributed by atoms with van der Waals surface area (Å²) in [7, 11) is 0. The van der Waals surface area contributed by atoms with E-state index in [2.05, 4.69) is 5.32 Å². The van der Waals surface area contributed by atoms with Crippen molar-refractivity contribution in [2.45, 2.75) is 26.4 Å². The minimum atomic E-state index is -0.904. The van der Waals surface area contributed by atoms with Crippen LogP contribution in [-0.2, 0) is 0 Å². The third kappa shape index (κ3) is 3.51. The molecule has 0 fully saturated rings. The van der Waals surface area contributed by atoms with E-state index in [0.29, 0.717) is 5.69 Å². The van der Waals surface area contributed by atoms with Crippen LogP contribution in [0.2, 0.25) is 0 Å². The predicted molar refractivity (Wildman–Crippen MR) is 62.6 cm³/mol. The van der Waals surface area contributed by atoms with Gasteiger partial charge in [-0.2, -0.15) is 0 Å². The quantitative estimate of drug-likeness (QED) is 0.606. The molecule has 5 nitrogen and oxygen atoms in total. The maximum absolute atomic E-state index is 10.8.